The van der Waals surface area contributed by atoms with Crippen molar-refractivity contribution in [3.8, 4) is 17.1 Å². The minimum absolute atomic E-state index is 0.136. The molecule has 0 fully saturated rings. The van der Waals surface area contributed by atoms with Crippen LogP contribution in [-0.2, 0) is 4.79 Å². The van der Waals surface area contributed by atoms with Gasteiger partial charge in [0.05, 0.1) is 5.69 Å². The van der Waals surface area contributed by atoms with Crippen molar-refractivity contribution in [1.82, 2.24) is 15.2 Å². The first-order chi connectivity index (χ1) is 15.3. The van der Waals surface area contributed by atoms with Crippen LogP contribution in [0.2, 0.25) is 0 Å². The monoisotopic (exact) mass is 512 g/mol. The summed E-state index contributed by atoms with van der Waals surface area (Å²) < 4.78 is 7.29. The second-order valence-electron chi connectivity index (χ2n) is 8.18. The lowest BCUT2D eigenvalue weighted by atomic mass is 10.0. The van der Waals surface area contributed by atoms with Crippen molar-refractivity contribution in [2.45, 2.75) is 45.5 Å². The molecule has 1 aromatic heterocycles. The highest BCUT2D eigenvalue weighted by molar-refractivity contribution is 9.10. The number of aryl methyl sites for hydroxylation is 1. The molecule has 0 spiro atoms. The summed E-state index contributed by atoms with van der Waals surface area (Å²) in [5.41, 5.74) is 3.92. The molecule has 0 N–H and O–H groups in total. The Bertz CT molecular complexity index is 1150. The standard InChI is InChI=1S/C24H25BrN4O2S/c1-14(2)11-12-32-24-26-22-21(27-28-24)18-13-15(3)9-10-20(18)29(16(4)30)23(31-22)17-7-5-6-8-19(17)25/h5-10,13-14,23H,11-12H2,1-4H3/t23-/m0/s1. The van der Waals surface area contributed by atoms with E-state index in [0.717, 1.165) is 39.0 Å². The number of anilines is 1. The topological polar surface area (TPSA) is 68.2 Å². The molecule has 0 saturated carbocycles. The number of aromatic nitrogens is 3. The van der Waals surface area contributed by atoms with E-state index in [1.165, 1.54) is 0 Å². The molecule has 1 amide bonds. The van der Waals surface area contributed by atoms with Gasteiger partial charge in [0, 0.05) is 28.3 Å². The van der Waals surface area contributed by atoms with Crippen molar-refractivity contribution < 1.29 is 9.53 Å². The summed E-state index contributed by atoms with van der Waals surface area (Å²) >= 11 is 5.18. The molecule has 6 nitrogen and oxygen atoms in total. The summed E-state index contributed by atoms with van der Waals surface area (Å²) in [7, 11) is 0. The minimum atomic E-state index is -0.698. The van der Waals surface area contributed by atoms with Gasteiger partial charge in [-0.25, -0.2) is 0 Å². The van der Waals surface area contributed by atoms with Crippen molar-refractivity contribution in [2.24, 2.45) is 5.92 Å². The molecular formula is C24H25BrN4O2S. The van der Waals surface area contributed by atoms with E-state index in [4.69, 9.17) is 9.72 Å². The zero-order valence-electron chi connectivity index (χ0n) is 18.5. The number of nitrogens with zero attached hydrogens (tertiary/aromatic N) is 4. The molecular weight excluding hydrogens is 488 g/mol. The number of carbonyl (C=O) groups excluding carboxylic acids is 1. The molecule has 8 heteroatoms. The van der Waals surface area contributed by atoms with Crippen molar-refractivity contribution in [3.05, 3.63) is 58.1 Å². The van der Waals surface area contributed by atoms with Crippen LogP contribution in [-0.4, -0.2) is 26.8 Å². The van der Waals surface area contributed by atoms with Crippen LogP contribution in [0.1, 0.15) is 44.5 Å². The third-order valence-corrected chi connectivity index (χ3v) is 6.79. The normalized spacial score (nSPS) is 15.1. The number of hydrogen-bond acceptors (Lipinski definition) is 6. The fourth-order valence-corrected chi connectivity index (χ4v) is 5.04. The summed E-state index contributed by atoms with van der Waals surface area (Å²) in [5.74, 6) is 1.75. The summed E-state index contributed by atoms with van der Waals surface area (Å²) in [6, 6.07) is 13.6. The minimum Gasteiger partial charge on any atom is -0.447 e. The smallest absolute Gasteiger partial charge is 0.247 e. The number of thioether (sulfide) groups is 1. The molecule has 0 aliphatic carbocycles. The molecule has 32 heavy (non-hydrogen) atoms. The number of benzene rings is 2. The van der Waals surface area contributed by atoms with Gasteiger partial charge in [0.1, 0.15) is 0 Å². The predicted octanol–water partition coefficient (Wildman–Crippen LogP) is 6.19. The van der Waals surface area contributed by atoms with Gasteiger partial charge in [-0.15, -0.1) is 10.2 Å². The Labute approximate surface area is 200 Å². The van der Waals surface area contributed by atoms with Crippen LogP contribution < -0.4 is 9.64 Å². The van der Waals surface area contributed by atoms with E-state index in [-0.39, 0.29) is 5.91 Å². The van der Waals surface area contributed by atoms with Gasteiger partial charge >= 0.3 is 0 Å². The molecule has 1 aliphatic heterocycles. The quantitative estimate of drug-likeness (QED) is 0.379. The Hall–Kier alpha value is -2.45. The molecule has 2 aromatic carbocycles. The van der Waals surface area contributed by atoms with Crippen LogP contribution >= 0.6 is 27.7 Å². The second-order valence-corrected chi connectivity index (χ2v) is 10.1. The summed E-state index contributed by atoms with van der Waals surface area (Å²) in [6.45, 7) is 7.93. The van der Waals surface area contributed by atoms with Crippen molar-refractivity contribution >= 4 is 39.3 Å². The maximum atomic E-state index is 12.9. The molecule has 0 radical (unpaired) electrons. The summed E-state index contributed by atoms with van der Waals surface area (Å²) in [6.07, 6.45) is 0.363. The maximum absolute atomic E-state index is 12.9. The fraction of sp³-hybridized carbons (Fsp3) is 0.333. The molecule has 0 bridgehead atoms. The first kappa shape index (κ1) is 22.7. The van der Waals surface area contributed by atoms with Gasteiger partial charge in [-0.2, -0.15) is 4.98 Å². The highest BCUT2D eigenvalue weighted by Crippen LogP contribution is 2.44. The molecule has 4 rings (SSSR count). The summed E-state index contributed by atoms with van der Waals surface area (Å²) in [5, 5.41) is 9.42. The lowest BCUT2D eigenvalue weighted by molar-refractivity contribution is -0.118. The van der Waals surface area contributed by atoms with E-state index < -0.39 is 6.23 Å². The van der Waals surface area contributed by atoms with Gasteiger partial charge in [0.2, 0.25) is 23.2 Å². The van der Waals surface area contributed by atoms with Crippen molar-refractivity contribution in [3.63, 3.8) is 0 Å². The van der Waals surface area contributed by atoms with Crippen LogP contribution in [0.5, 0.6) is 5.88 Å². The van der Waals surface area contributed by atoms with E-state index in [2.05, 4.69) is 40.0 Å². The van der Waals surface area contributed by atoms with Crippen LogP contribution in [0.3, 0.4) is 0 Å². The SMILES string of the molecule is CC(=O)N1c2ccc(C)cc2-c2nnc(SCCC(C)C)nc2O[C@H]1c1ccccc1Br. The van der Waals surface area contributed by atoms with E-state index in [1.807, 2.05) is 49.4 Å². The molecule has 1 atom stereocenters. The van der Waals surface area contributed by atoms with Gasteiger partial charge < -0.3 is 4.74 Å². The lowest BCUT2D eigenvalue weighted by Gasteiger charge is -2.30. The number of carbonyl (C=O) groups is 1. The van der Waals surface area contributed by atoms with Gasteiger partial charge in [-0.3, -0.25) is 9.69 Å². The van der Waals surface area contributed by atoms with Gasteiger partial charge in [-0.05, 0) is 37.5 Å². The molecule has 2 heterocycles. The van der Waals surface area contributed by atoms with Crippen molar-refractivity contribution in [2.75, 3.05) is 10.7 Å². The van der Waals surface area contributed by atoms with Gasteiger partial charge in [0.25, 0.3) is 0 Å². The Morgan fingerprint density at radius 2 is 2.00 bits per heavy atom. The lowest BCUT2D eigenvalue weighted by Crippen LogP contribution is -2.36. The predicted molar refractivity (Wildman–Crippen MR) is 131 cm³/mol. The van der Waals surface area contributed by atoms with Crippen LogP contribution in [0.15, 0.2) is 52.1 Å². The Morgan fingerprint density at radius 3 is 2.72 bits per heavy atom. The molecule has 1 aliphatic rings. The number of fused-ring (bicyclic) bond motifs is 3. The Balaban J connectivity index is 1.86. The van der Waals surface area contributed by atoms with E-state index in [1.54, 1.807) is 23.6 Å². The van der Waals surface area contributed by atoms with Crippen LogP contribution in [0.25, 0.3) is 11.3 Å². The highest BCUT2D eigenvalue weighted by atomic mass is 79.9. The van der Waals surface area contributed by atoms with Crippen LogP contribution in [0.4, 0.5) is 5.69 Å². The fourth-order valence-electron chi connectivity index (χ4n) is 3.54. The Kier molecular flexibility index (Phi) is 6.81. The van der Waals surface area contributed by atoms with Crippen LogP contribution in [0, 0.1) is 12.8 Å². The van der Waals surface area contributed by atoms with Gasteiger partial charge in [0.15, 0.2) is 5.69 Å². The van der Waals surface area contributed by atoms with Crippen molar-refractivity contribution in [1.29, 1.82) is 0 Å². The van der Waals surface area contributed by atoms with E-state index in [9.17, 15) is 4.79 Å². The van der Waals surface area contributed by atoms with E-state index in [0.29, 0.717) is 22.6 Å². The number of amides is 1. The maximum Gasteiger partial charge on any atom is 0.247 e. The molecule has 0 saturated heterocycles. The molecule has 3 aromatic rings. The number of halogens is 1. The number of ether oxygens (including phenoxy) is 1. The average molecular weight is 513 g/mol. The third kappa shape index (κ3) is 4.66. The first-order valence-electron chi connectivity index (χ1n) is 10.5. The Morgan fingerprint density at radius 1 is 1.22 bits per heavy atom. The second kappa shape index (κ2) is 9.58. The van der Waals surface area contributed by atoms with Gasteiger partial charge in [-0.1, -0.05) is 71.4 Å². The number of hydrogen-bond donors (Lipinski definition) is 0. The average Bonchev–Trinajstić information content (AvgIpc) is 2.88. The van der Waals surface area contributed by atoms with E-state index >= 15 is 0 Å². The number of rotatable bonds is 5. The zero-order valence-corrected chi connectivity index (χ0v) is 20.9. The molecule has 166 valence electrons. The highest BCUT2D eigenvalue weighted by Gasteiger charge is 2.35. The first-order valence-corrected chi connectivity index (χ1v) is 12.3. The third-order valence-electron chi connectivity index (χ3n) is 5.20. The largest absolute Gasteiger partial charge is 0.447 e. The summed E-state index contributed by atoms with van der Waals surface area (Å²) in [4.78, 5) is 19.3. The zero-order chi connectivity index (χ0) is 22.8. The molecule has 0 unspecified atom stereocenters.